The minimum absolute atomic E-state index is 0.102. The molecule has 5 nitrogen and oxygen atoms in total. The highest BCUT2D eigenvalue weighted by Crippen LogP contribution is 2.40. The average molecular weight is 411 g/mol. The molecule has 0 bridgehead atoms. The third kappa shape index (κ3) is 4.37. The van der Waals surface area contributed by atoms with Gasteiger partial charge in [-0.2, -0.15) is 0 Å². The highest BCUT2D eigenvalue weighted by Gasteiger charge is 2.46. The van der Waals surface area contributed by atoms with Gasteiger partial charge in [-0.3, -0.25) is 4.79 Å². The van der Waals surface area contributed by atoms with Crippen LogP contribution in [0, 0.1) is 5.92 Å². The fourth-order valence-electron chi connectivity index (χ4n) is 4.50. The Morgan fingerprint density at radius 2 is 1.90 bits per heavy atom. The minimum Gasteiger partial charge on any atom is -0.497 e. The zero-order valence-corrected chi connectivity index (χ0v) is 18.8. The molecule has 0 spiro atoms. The van der Waals surface area contributed by atoms with E-state index in [0.29, 0.717) is 26.1 Å². The van der Waals surface area contributed by atoms with Crippen molar-refractivity contribution in [2.75, 3.05) is 40.8 Å². The molecule has 5 heteroatoms. The third-order valence-electron chi connectivity index (χ3n) is 6.35. The molecule has 162 valence electrons. The number of carbonyl (C=O) groups excluding carboxylic acids is 1. The maximum atomic E-state index is 13.5. The van der Waals surface area contributed by atoms with Gasteiger partial charge in [0.15, 0.2) is 0 Å². The summed E-state index contributed by atoms with van der Waals surface area (Å²) in [5.41, 5.74) is 0.234. The minimum atomic E-state index is -1.01. The van der Waals surface area contributed by atoms with Crippen LogP contribution in [0.4, 0.5) is 0 Å². The number of ether oxygens (including phenoxy) is 1. The van der Waals surface area contributed by atoms with Crippen molar-refractivity contribution in [3.05, 3.63) is 65.7 Å². The second kappa shape index (κ2) is 8.78. The SMILES string of the molecule is COc1cccc(C2(O)CCN(C(=O)C(C)(C)c3ccccc3)CC2CN(C)C)c1. The van der Waals surface area contributed by atoms with E-state index in [4.69, 9.17) is 4.74 Å². The van der Waals surface area contributed by atoms with Gasteiger partial charge in [-0.25, -0.2) is 0 Å². The number of aliphatic hydroxyl groups is 1. The maximum absolute atomic E-state index is 13.5. The first kappa shape index (κ1) is 22.3. The lowest BCUT2D eigenvalue weighted by molar-refractivity contribution is -0.146. The zero-order valence-electron chi connectivity index (χ0n) is 18.8. The van der Waals surface area contributed by atoms with Gasteiger partial charge >= 0.3 is 0 Å². The molecule has 2 aromatic rings. The van der Waals surface area contributed by atoms with Crippen molar-refractivity contribution >= 4 is 5.91 Å². The molecule has 1 N–H and O–H groups in total. The first-order chi connectivity index (χ1) is 14.2. The van der Waals surface area contributed by atoms with Crippen LogP contribution in [0.3, 0.4) is 0 Å². The Kier molecular flexibility index (Phi) is 6.53. The van der Waals surface area contributed by atoms with E-state index in [1.54, 1.807) is 7.11 Å². The quantitative estimate of drug-likeness (QED) is 0.794. The lowest BCUT2D eigenvalue weighted by Gasteiger charge is -2.47. The highest BCUT2D eigenvalue weighted by molar-refractivity contribution is 5.87. The molecule has 1 saturated heterocycles. The van der Waals surface area contributed by atoms with Crippen LogP contribution in [0.15, 0.2) is 54.6 Å². The molecule has 1 heterocycles. The van der Waals surface area contributed by atoms with Crippen molar-refractivity contribution in [1.29, 1.82) is 0 Å². The number of hydrogen-bond donors (Lipinski definition) is 1. The van der Waals surface area contributed by atoms with Crippen molar-refractivity contribution in [1.82, 2.24) is 9.80 Å². The van der Waals surface area contributed by atoms with Crippen LogP contribution in [-0.4, -0.2) is 61.7 Å². The molecule has 2 aromatic carbocycles. The third-order valence-corrected chi connectivity index (χ3v) is 6.35. The summed E-state index contributed by atoms with van der Waals surface area (Å²) in [4.78, 5) is 17.5. The second-order valence-corrected chi connectivity index (χ2v) is 9.11. The standard InChI is InChI=1S/C25H34N2O3/c1-24(2,19-10-7-6-8-11-19)23(28)27-15-14-25(29,21(18-27)17-26(3)4)20-12-9-13-22(16-20)30-5/h6-13,16,21,29H,14-15,17-18H2,1-5H3. The number of piperidine rings is 1. The first-order valence-corrected chi connectivity index (χ1v) is 10.5. The number of methoxy groups -OCH3 is 1. The number of hydrogen-bond acceptors (Lipinski definition) is 4. The number of carbonyl (C=O) groups is 1. The fourth-order valence-corrected chi connectivity index (χ4v) is 4.50. The molecular formula is C25H34N2O3. The van der Waals surface area contributed by atoms with E-state index in [1.807, 2.05) is 87.4 Å². The van der Waals surface area contributed by atoms with Crippen LogP contribution in [0.25, 0.3) is 0 Å². The zero-order chi connectivity index (χ0) is 21.9. The molecular weight excluding hydrogens is 376 g/mol. The average Bonchev–Trinajstić information content (AvgIpc) is 2.75. The first-order valence-electron chi connectivity index (χ1n) is 10.5. The van der Waals surface area contributed by atoms with E-state index in [9.17, 15) is 9.90 Å². The van der Waals surface area contributed by atoms with Crippen LogP contribution >= 0.6 is 0 Å². The number of amides is 1. The molecule has 0 saturated carbocycles. The Balaban J connectivity index is 1.88. The van der Waals surface area contributed by atoms with Gasteiger partial charge in [-0.05, 0) is 57.6 Å². The van der Waals surface area contributed by atoms with Crippen molar-refractivity contribution in [3.8, 4) is 5.75 Å². The van der Waals surface area contributed by atoms with E-state index in [2.05, 4.69) is 4.90 Å². The molecule has 0 aliphatic carbocycles. The summed E-state index contributed by atoms with van der Waals surface area (Å²) in [5.74, 6) is 0.724. The molecule has 1 fully saturated rings. The maximum Gasteiger partial charge on any atom is 0.232 e. The van der Waals surface area contributed by atoms with Crippen molar-refractivity contribution in [3.63, 3.8) is 0 Å². The summed E-state index contributed by atoms with van der Waals surface area (Å²) in [6.07, 6.45) is 0.495. The molecule has 2 atom stereocenters. The number of rotatable bonds is 6. The Morgan fingerprint density at radius 3 is 2.53 bits per heavy atom. The molecule has 30 heavy (non-hydrogen) atoms. The largest absolute Gasteiger partial charge is 0.497 e. The fraction of sp³-hybridized carbons (Fsp3) is 0.480. The van der Waals surface area contributed by atoms with Crippen molar-refractivity contribution in [2.45, 2.75) is 31.3 Å². The molecule has 0 aromatic heterocycles. The van der Waals surface area contributed by atoms with E-state index in [-0.39, 0.29) is 11.8 Å². The summed E-state index contributed by atoms with van der Waals surface area (Å²) in [6, 6.07) is 17.6. The Hall–Kier alpha value is -2.37. The van der Waals surface area contributed by atoms with Crippen LogP contribution < -0.4 is 4.74 Å². The summed E-state index contributed by atoms with van der Waals surface area (Å²) in [6.45, 7) is 5.68. The molecule has 0 radical (unpaired) electrons. The van der Waals surface area contributed by atoms with Gasteiger partial charge in [0.2, 0.25) is 5.91 Å². The van der Waals surface area contributed by atoms with Gasteiger partial charge in [0.25, 0.3) is 0 Å². The van der Waals surface area contributed by atoms with Gasteiger partial charge in [-0.15, -0.1) is 0 Å². The molecule has 2 unspecified atom stereocenters. The second-order valence-electron chi connectivity index (χ2n) is 9.11. The summed E-state index contributed by atoms with van der Waals surface area (Å²) < 4.78 is 5.37. The predicted molar refractivity (Wildman–Crippen MR) is 120 cm³/mol. The van der Waals surface area contributed by atoms with Gasteiger partial charge < -0.3 is 19.6 Å². The highest BCUT2D eigenvalue weighted by atomic mass is 16.5. The summed E-state index contributed by atoms with van der Waals surface area (Å²) >= 11 is 0. The molecule has 1 amide bonds. The smallest absolute Gasteiger partial charge is 0.232 e. The molecule has 3 rings (SSSR count). The van der Waals surface area contributed by atoms with E-state index < -0.39 is 11.0 Å². The molecule has 1 aliphatic heterocycles. The van der Waals surface area contributed by atoms with Gasteiger partial charge in [0.1, 0.15) is 5.75 Å². The van der Waals surface area contributed by atoms with Gasteiger partial charge in [0.05, 0.1) is 18.1 Å². The summed E-state index contributed by atoms with van der Waals surface area (Å²) in [7, 11) is 5.63. The topological polar surface area (TPSA) is 53.0 Å². The van der Waals surface area contributed by atoms with Crippen LogP contribution in [0.2, 0.25) is 0 Å². The number of likely N-dealkylation sites (tertiary alicyclic amines) is 1. The Morgan fingerprint density at radius 1 is 1.20 bits per heavy atom. The summed E-state index contributed by atoms with van der Waals surface area (Å²) in [5, 5.41) is 11.8. The van der Waals surface area contributed by atoms with Crippen LogP contribution in [0.5, 0.6) is 5.75 Å². The van der Waals surface area contributed by atoms with Crippen molar-refractivity contribution in [2.24, 2.45) is 5.92 Å². The van der Waals surface area contributed by atoms with Gasteiger partial charge in [-0.1, -0.05) is 42.5 Å². The van der Waals surface area contributed by atoms with E-state index >= 15 is 0 Å². The number of benzene rings is 2. The van der Waals surface area contributed by atoms with Crippen LogP contribution in [-0.2, 0) is 15.8 Å². The Labute approximate surface area is 180 Å². The lowest BCUT2D eigenvalue weighted by atomic mass is 9.74. The van der Waals surface area contributed by atoms with Crippen LogP contribution in [0.1, 0.15) is 31.4 Å². The number of nitrogens with zero attached hydrogens (tertiary/aromatic N) is 2. The normalized spacial score (nSPS) is 22.2. The van der Waals surface area contributed by atoms with Gasteiger partial charge in [0, 0.05) is 25.6 Å². The Bertz CT molecular complexity index is 866. The molecule has 1 aliphatic rings. The monoisotopic (exact) mass is 410 g/mol. The van der Waals surface area contributed by atoms with E-state index in [0.717, 1.165) is 16.9 Å². The van der Waals surface area contributed by atoms with Crippen molar-refractivity contribution < 1.29 is 14.6 Å². The van der Waals surface area contributed by atoms with E-state index in [1.165, 1.54) is 0 Å². The lowest BCUT2D eigenvalue weighted by Crippen LogP contribution is -2.57. The predicted octanol–water partition coefficient (Wildman–Crippen LogP) is 3.27.